The monoisotopic (exact) mass is 426 g/mol. The zero-order valence-electron chi connectivity index (χ0n) is 16.8. The van der Waals surface area contributed by atoms with Crippen LogP contribution in [-0.2, 0) is 6.42 Å². The molecule has 32 heavy (non-hydrogen) atoms. The van der Waals surface area contributed by atoms with Gasteiger partial charge in [0.15, 0.2) is 0 Å². The van der Waals surface area contributed by atoms with Gasteiger partial charge in [-0.05, 0) is 42.3 Å². The number of hydrogen-bond donors (Lipinski definition) is 3. The highest BCUT2D eigenvalue weighted by molar-refractivity contribution is 6.04. The van der Waals surface area contributed by atoms with Crippen molar-refractivity contribution in [3.8, 4) is 6.07 Å². The number of non-ortho nitro benzene ring substituents is 1. The van der Waals surface area contributed by atoms with Crippen LogP contribution in [0.1, 0.15) is 21.5 Å². The van der Waals surface area contributed by atoms with E-state index in [1.807, 2.05) is 24.3 Å². The van der Waals surface area contributed by atoms with Gasteiger partial charge in [0, 0.05) is 29.9 Å². The van der Waals surface area contributed by atoms with E-state index in [0.29, 0.717) is 29.3 Å². The summed E-state index contributed by atoms with van der Waals surface area (Å²) in [6.45, 7) is 0.626. The van der Waals surface area contributed by atoms with E-state index >= 15 is 0 Å². The molecule has 158 valence electrons. The van der Waals surface area contributed by atoms with E-state index in [1.54, 1.807) is 18.2 Å². The predicted octanol–water partition coefficient (Wildman–Crippen LogP) is 4.25. The average Bonchev–Trinajstić information content (AvgIpc) is 3.23. The first kappa shape index (κ1) is 20.6. The molecule has 1 heterocycles. The van der Waals surface area contributed by atoms with Gasteiger partial charge >= 0.3 is 0 Å². The van der Waals surface area contributed by atoms with Crippen LogP contribution in [0.25, 0.3) is 11.0 Å². The number of imidazole rings is 1. The highest BCUT2D eigenvalue weighted by Gasteiger charge is 2.12. The van der Waals surface area contributed by atoms with Crippen molar-refractivity contribution in [2.45, 2.75) is 6.42 Å². The molecule has 0 aliphatic carbocycles. The molecule has 4 aromatic rings. The Morgan fingerprint density at radius 3 is 2.66 bits per heavy atom. The molecule has 0 radical (unpaired) electrons. The standard InChI is InChI=1S/C23H18N6O3/c24-14-17-4-2-6-20-21(17)28-23(27-20)25-12-11-15-7-9-18(10-8-15)26-22(30)16-3-1-5-19(13-16)29(31)32/h1-10,13H,11-12H2,(H,26,30)(H2,25,27,28). The van der Waals surface area contributed by atoms with E-state index in [9.17, 15) is 14.9 Å². The SMILES string of the molecule is N#Cc1cccc2[nH]c(NCCc3ccc(NC(=O)c4cccc([N+](=O)[O-])c4)cc3)nc12. The summed E-state index contributed by atoms with van der Waals surface area (Å²) in [6.07, 6.45) is 0.723. The van der Waals surface area contributed by atoms with Gasteiger partial charge in [0.05, 0.1) is 16.0 Å². The van der Waals surface area contributed by atoms with Crippen molar-refractivity contribution < 1.29 is 9.72 Å². The number of H-pyrrole nitrogens is 1. The van der Waals surface area contributed by atoms with Crippen LogP contribution in [0.5, 0.6) is 0 Å². The largest absolute Gasteiger partial charge is 0.355 e. The van der Waals surface area contributed by atoms with Crippen molar-refractivity contribution >= 4 is 34.3 Å². The molecule has 4 rings (SSSR count). The van der Waals surface area contributed by atoms with Gasteiger partial charge in [-0.25, -0.2) is 4.98 Å². The van der Waals surface area contributed by atoms with Gasteiger partial charge < -0.3 is 15.6 Å². The van der Waals surface area contributed by atoms with Crippen LogP contribution in [0.4, 0.5) is 17.3 Å². The Morgan fingerprint density at radius 1 is 1.12 bits per heavy atom. The Kier molecular flexibility index (Phi) is 5.76. The maximum Gasteiger partial charge on any atom is 0.270 e. The number of para-hydroxylation sites is 1. The lowest BCUT2D eigenvalue weighted by Crippen LogP contribution is -2.12. The van der Waals surface area contributed by atoms with Crippen LogP contribution in [-0.4, -0.2) is 27.3 Å². The molecule has 9 nitrogen and oxygen atoms in total. The smallest absolute Gasteiger partial charge is 0.270 e. The highest BCUT2D eigenvalue weighted by atomic mass is 16.6. The van der Waals surface area contributed by atoms with Crippen LogP contribution in [0.2, 0.25) is 0 Å². The molecule has 1 aromatic heterocycles. The second-order valence-corrected chi connectivity index (χ2v) is 7.03. The second-order valence-electron chi connectivity index (χ2n) is 7.03. The molecule has 0 aliphatic heterocycles. The molecule has 3 N–H and O–H groups in total. The molecule has 0 atom stereocenters. The third-order valence-corrected chi connectivity index (χ3v) is 4.87. The Bertz CT molecular complexity index is 1340. The van der Waals surface area contributed by atoms with Crippen LogP contribution < -0.4 is 10.6 Å². The second kappa shape index (κ2) is 8.97. The van der Waals surface area contributed by atoms with Crippen molar-refractivity contribution in [3.63, 3.8) is 0 Å². The fraction of sp³-hybridized carbons (Fsp3) is 0.0870. The Hall–Kier alpha value is -4.71. The number of hydrogen-bond acceptors (Lipinski definition) is 6. The quantitative estimate of drug-likeness (QED) is 0.298. The van der Waals surface area contributed by atoms with E-state index in [1.165, 1.54) is 24.3 Å². The first-order chi connectivity index (χ1) is 15.5. The summed E-state index contributed by atoms with van der Waals surface area (Å²) < 4.78 is 0. The number of aromatic nitrogens is 2. The summed E-state index contributed by atoms with van der Waals surface area (Å²) in [5.74, 6) is 0.188. The molecule has 0 fully saturated rings. The highest BCUT2D eigenvalue weighted by Crippen LogP contribution is 2.19. The van der Waals surface area contributed by atoms with Gasteiger partial charge in [0.2, 0.25) is 5.95 Å². The van der Waals surface area contributed by atoms with Crippen molar-refractivity contribution in [3.05, 3.63) is 93.5 Å². The van der Waals surface area contributed by atoms with Crippen molar-refractivity contribution in [1.82, 2.24) is 9.97 Å². The van der Waals surface area contributed by atoms with Crippen LogP contribution in [0.3, 0.4) is 0 Å². The first-order valence-corrected chi connectivity index (χ1v) is 9.81. The normalized spacial score (nSPS) is 10.5. The third-order valence-electron chi connectivity index (χ3n) is 4.87. The van der Waals surface area contributed by atoms with E-state index in [4.69, 9.17) is 5.26 Å². The van der Waals surface area contributed by atoms with E-state index in [2.05, 4.69) is 26.7 Å². The third kappa shape index (κ3) is 4.55. The number of nitrogens with zero attached hydrogens (tertiary/aromatic N) is 3. The van der Waals surface area contributed by atoms with Crippen LogP contribution >= 0.6 is 0 Å². The minimum absolute atomic E-state index is 0.131. The maximum absolute atomic E-state index is 12.3. The number of nitro benzene ring substituents is 1. The summed E-state index contributed by atoms with van der Waals surface area (Å²) in [5, 5.41) is 26.0. The van der Waals surface area contributed by atoms with E-state index in [0.717, 1.165) is 17.5 Å². The number of nitro groups is 1. The van der Waals surface area contributed by atoms with Crippen LogP contribution in [0.15, 0.2) is 66.7 Å². The Balaban J connectivity index is 1.33. The number of benzene rings is 3. The minimum atomic E-state index is -0.534. The van der Waals surface area contributed by atoms with Gasteiger partial charge in [0.25, 0.3) is 11.6 Å². The molecule has 1 amide bonds. The van der Waals surface area contributed by atoms with Crippen molar-refractivity contribution in [2.75, 3.05) is 17.2 Å². The molecule has 3 aromatic carbocycles. The van der Waals surface area contributed by atoms with Crippen LogP contribution in [0, 0.1) is 21.4 Å². The molecule has 9 heteroatoms. The van der Waals surface area contributed by atoms with Crippen molar-refractivity contribution in [2.24, 2.45) is 0 Å². The summed E-state index contributed by atoms with van der Waals surface area (Å²) in [4.78, 5) is 30.3. The number of anilines is 2. The van der Waals surface area contributed by atoms with E-state index < -0.39 is 10.8 Å². The van der Waals surface area contributed by atoms with E-state index in [-0.39, 0.29) is 11.3 Å². The molecule has 0 unspecified atom stereocenters. The lowest BCUT2D eigenvalue weighted by molar-refractivity contribution is -0.384. The number of fused-ring (bicyclic) bond motifs is 1. The zero-order chi connectivity index (χ0) is 22.5. The minimum Gasteiger partial charge on any atom is -0.355 e. The Labute approximate surface area is 182 Å². The predicted molar refractivity (Wildman–Crippen MR) is 120 cm³/mol. The lowest BCUT2D eigenvalue weighted by atomic mass is 10.1. The fourth-order valence-electron chi connectivity index (χ4n) is 3.25. The van der Waals surface area contributed by atoms with Gasteiger partial charge in [-0.3, -0.25) is 14.9 Å². The molecule has 0 aliphatic rings. The molecular formula is C23H18N6O3. The number of nitrogens with one attached hydrogen (secondary N) is 3. The number of aromatic amines is 1. The Morgan fingerprint density at radius 2 is 1.91 bits per heavy atom. The zero-order valence-corrected chi connectivity index (χ0v) is 16.8. The fourth-order valence-corrected chi connectivity index (χ4v) is 3.25. The van der Waals surface area contributed by atoms with Gasteiger partial charge in [-0.2, -0.15) is 5.26 Å². The summed E-state index contributed by atoms with van der Waals surface area (Å²) >= 11 is 0. The average molecular weight is 426 g/mol. The molecule has 0 saturated heterocycles. The van der Waals surface area contributed by atoms with Gasteiger partial charge in [-0.15, -0.1) is 0 Å². The number of carbonyl (C=O) groups is 1. The number of amides is 1. The molecule has 0 saturated carbocycles. The van der Waals surface area contributed by atoms with Gasteiger partial charge in [0.1, 0.15) is 11.6 Å². The van der Waals surface area contributed by atoms with Gasteiger partial charge in [-0.1, -0.05) is 24.3 Å². The summed E-state index contributed by atoms with van der Waals surface area (Å²) in [7, 11) is 0. The lowest BCUT2D eigenvalue weighted by Gasteiger charge is -2.07. The van der Waals surface area contributed by atoms with Crippen molar-refractivity contribution in [1.29, 1.82) is 5.26 Å². The molecule has 0 bridgehead atoms. The molecular weight excluding hydrogens is 408 g/mol. The molecule has 0 spiro atoms. The summed E-state index contributed by atoms with van der Waals surface area (Å²) in [5.41, 5.74) is 3.71. The number of nitriles is 1. The number of rotatable bonds is 7. The first-order valence-electron chi connectivity index (χ1n) is 9.81. The summed E-state index contributed by atoms with van der Waals surface area (Å²) in [6, 6.07) is 20.5. The topological polar surface area (TPSA) is 137 Å². The maximum atomic E-state index is 12.3. The number of carbonyl (C=O) groups excluding carboxylic acids is 1.